The smallest absolute Gasteiger partial charge is 0.328 e. The van der Waals surface area contributed by atoms with E-state index in [0.29, 0.717) is 5.56 Å². The van der Waals surface area contributed by atoms with E-state index in [2.05, 4.69) is 4.98 Å². The van der Waals surface area contributed by atoms with Crippen molar-refractivity contribution < 1.29 is 14.3 Å². The molecule has 0 aliphatic carbocycles. The van der Waals surface area contributed by atoms with Gasteiger partial charge in [0.15, 0.2) is 0 Å². The van der Waals surface area contributed by atoms with Gasteiger partial charge in [-0.15, -0.1) is 0 Å². The number of nitrogens with zero attached hydrogens (tertiary/aromatic N) is 1. The third-order valence-corrected chi connectivity index (χ3v) is 2.41. The molecule has 18 heavy (non-hydrogen) atoms. The average molecular weight is 243 g/mol. The number of hydrogen-bond acceptors (Lipinski definition) is 2. The molecule has 0 aliphatic heterocycles. The minimum Gasteiger partial charge on any atom is -0.478 e. The molecule has 0 spiro atoms. The lowest BCUT2D eigenvalue weighted by atomic mass is 10.00. The van der Waals surface area contributed by atoms with E-state index in [1.54, 1.807) is 30.6 Å². The van der Waals surface area contributed by atoms with E-state index in [-0.39, 0.29) is 0 Å². The van der Waals surface area contributed by atoms with Gasteiger partial charge in [-0.2, -0.15) is 0 Å². The molecule has 0 amide bonds. The highest BCUT2D eigenvalue weighted by molar-refractivity contribution is 5.87. The molecule has 0 bridgehead atoms. The van der Waals surface area contributed by atoms with Crippen LogP contribution in [-0.2, 0) is 4.79 Å². The zero-order chi connectivity index (χ0) is 13.0. The van der Waals surface area contributed by atoms with Crippen LogP contribution in [0.5, 0.6) is 0 Å². The SMILES string of the molecule is O=C(O)/C=C/c1cc(F)ccc1-c1ccncc1. The molecule has 0 atom stereocenters. The van der Waals surface area contributed by atoms with Crippen molar-refractivity contribution in [1.29, 1.82) is 0 Å². The molecule has 3 nitrogen and oxygen atoms in total. The minimum absolute atomic E-state index is 0.405. The Morgan fingerprint density at radius 1 is 1.22 bits per heavy atom. The summed E-state index contributed by atoms with van der Waals surface area (Å²) in [6.07, 6.45) is 5.62. The van der Waals surface area contributed by atoms with Crippen LogP contribution in [0.25, 0.3) is 17.2 Å². The Kier molecular flexibility index (Phi) is 3.48. The Bertz CT molecular complexity index is 594. The van der Waals surface area contributed by atoms with Gasteiger partial charge in [0.25, 0.3) is 0 Å². The molecule has 0 saturated carbocycles. The molecule has 4 heteroatoms. The standard InChI is InChI=1S/C14H10FNO2/c15-12-2-3-13(10-5-7-16-8-6-10)11(9-12)1-4-14(17)18/h1-9H,(H,17,18)/b4-1+. The van der Waals surface area contributed by atoms with Crippen LogP contribution in [0.15, 0.2) is 48.8 Å². The predicted molar refractivity (Wildman–Crippen MR) is 66.3 cm³/mol. The van der Waals surface area contributed by atoms with E-state index >= 15 is 0 Å². The van der Waals surface area contributed by atoms with E-state index < -0.39 is 11.8 Å². The summed E-state index contributed by atoms with van der Waals surface area (Å²) in [4.78, 5) is 14.4. The topological polar surface area (TPSA) is 50.2 Å². The van der Waals surface area contributed by atoms with Crippen LogP contribution in [0.2, 0.25) is 0 Å². The quantitative estimate of drug-likeness (QED) is 0.843. The molecule has 1 aromatic carbocycles. The van der Waals surface area contributed by atoms with Gasteiger partial charge < -0.3 is 5.11 Å². The van der Waals surface area contributed by atoms with Gasteiger partial charge in [0.05, 0.1) is 0 Å². The number of aliphatic carboxylic acids is 1. The van der Waals surface area contributed by atoms with Crippen molar-refractivity contribution in [3.8, 4) is 11.1 Å². The number of halogens is 1. The Morgan fingerprint density at radius 3 is 2.61 bits per heavy atom. The second-order valence-electron chi connectivity index (χ2n) is 3.64. The predicted octanol–water partition coefficient (Wildman–Crippen LogP) is 2.99. The number of aromatic nitrogens is 1. The highest BCUT2D eigenvalue weighted by Crippen LogP contribution is 2.25. The maximum Gasteiger partial charge on any atom is 0.328 e. The molecule has 1 aromatic heterocycles. The van der Waals surface area contributed by atoms with Crippen molar-refractivity contribution in [2.75, 3.05) is 0 Å². The highest BCUT2D eigenvalue weighted by Gasteiger charge is 2.04. The zero-order valence-electron chi connectivity index (χ0n) is 9.38. The minimum atomic E-state index is -1.07. The van der Waals surface area contributed by atoms with Gasteiger partial charge in [-0.3, -0.25) is 4.98 Å². The van der Waals surface area contributed by atoms with E-state index in [0.717, 1.165) is 17.2 Å². The van der Waals surface area contributed by atoms with Gasteiger partial charge in [-0.25, -0.2) is 9.18 Å². The molecule has 1 N–H and O–H groups in total. The number of rotatable bonds is 3. The van der Waals surface area contributed by atoms with Crippen LogP contribution >= 0.6 is 0 Å². The Balaban J connectivity index is 2.50. The maximum atomic E-state index is 13.2. The van der Waals surface area contributed by atoms with Crippen molar-refractivity contribution in [3.63, 3.8) is 0 Å². The molecule has 0 unspecified atom stereocenters. The normalized spacial score (nSPS) is 10.7. The van der Waals surface area contributed by atoms with Gasteiger partial charge in [0.1, 0.15) is 5.82 Å². The lowest BCUT2D eigenvalue weighted by Crippen LogP contribution is -1.89. The molecular weight excluding hydrogens is 233 g/mol. The summed E-state index contributed by atoms with van der Waals surface area (Å²) in [5.41, 5.74) is 2.13. The fourth-order valence-corrected chi connectivity index (χ4v) is 1.63. The lowest BCUT2D eigenvalue weighted by Gasteiger charge is -2.06. The molecule has 0 saturated heterocycles. The number of benzene rings is 1. The highest BCUT2D eigenvalue weighted by atomic mass is 19.1. The van der Waals surface area contributed by atoms with Gasteiger partial charge in [0, 0.05) is 18.5 Å². The van der Waals surface area contributed by atoms with E-state index in [4.69, 9.17) is 5.11 Å². The summed E-state index contributed by atoms with van der Waals surface area (Å²) in [6.45, 7) is 0. The van der Waals surface area contributed by atoms with Gasteiger partial charge in [-0.05, 0) is 47.0 Å². The molecule has 0 radical (unpaired) electrons. The third kappa shape index (κ3) is 2.79. The van der Waals surface area contributed by atoms with Crippen molar-refractivity contribution >= 4 is 12.0 Å². The molecular formula is C14H10FNO2. The number of pyridine rings is 1. The van der Waals surface area contributed by atoms with Crippen LogP contribution < -0.4 is 0 Å². The first-order chi connectivity index (χ1) is 8.66. The monoisotopic (exact) mass is 243 g/mol. The second kappa shape index (κ2) is 5.23. The molecule has 2 rings (SSSR count). The molecule has 0 aliphatic rings. The molecule has 0 fully saturated rings. The maximum absolute atomic E-state index is 13.2. The zero-order valence-corrected chi connectivity index (χ0v) is 9.38. The third-order valence-electron chi connectivity index (χ3n) is 2.41. The summed E-state index contributed by atoms with van der Waals surface area (Å²) < 4.78 is 13.2. The first-order valence-electron chi connectivity index (χ1n) is 5.28. The van der Waals surface area contributed by atoms with Crippen LogP contribution in [0.3, 0.4) is 0 Å². The molecule has 2 aromatic rings. The van der Waals surface area contributed by atoms with E-state index in [9.17, 15) is 9.18 Å². The van der Waals surface area contributed by atoms with Crippen molar-refractivity contribution in [2.45, 2.75) is 0 Å². The van der Waals surface area contributed by atoms with E-state index in [1.807, 2.05) is 0 Å². The molecule has 90 valence electrons. The summed E-state index contributed by atoms with van der Waals surface area (Å²) in [5.74, 6) is -1.47. The Labute approximate surface area is 103 Å². The van der Waals surface area contributed by atoms with Gasteiger partial charge in [0.2, 0.25) is 0 Å². The van der Waals surface area contributed by atoms with Gasteiger partial charge >= 0.3 is 5.97 Å². The average Bonchev–Trinajstić information content (AvgIpc) is 2.37. The van der Waals surface area contributed by atoms with Crippen LogP contribution in [0.1, 0.15) is 5.56 Å². The van der Waals surface area contributed by atoms with Crippen LogP contribution in [-0.4, -0.2) is 16.1 Å². The Morgan fingerprint density at radius 2 is 1.94 bits per heavy atom. The summed E-state index contributed by atoms with van der Waals surface area (Å²) in [7, 11) is 0. The Hall–Kier alpha value is -2.49. The summed E-state index contributed by atoms with van der Waals surface area (Å²) >= 11 is 0. The second-order valence-corrected chi connectivity index (χ2v) is 3.64. The van der Waals surface area contributed by atoms with Crippen LogP contribution in [0, 0.1) is 5.82 Å². The largest absolute Gasteiger partial charge is 0.478 e. The van der Waals surface area contributed by atoms with Crippen molar-refractivity contribution in [2.24, 2.45) is 0 Å². The number of hydrogen-bond donors (Lipinski definition) is 1. The first-order valence-corrected chi connectivity index (χ1v) is 5.28. The van der Waals surface area contributed by atoms with Crippen molar-refractivity contribution in [1.82, 2.24) is 4.98 Å². The van der Waals surface area contributed by atoms with Gasteiger partial charge in [-0.1, -0.05) is 6.07 Å². The number of carbonyl (C=O) groups is 1. The van der Waals surface area contributed by atoms with Crippen LogP contribution in [0.4, 0.5) is 4.39 Å². The van der Waals surface area contributed by atoms with E-state index in [1.165, 1.54) is 18.2 Å². The fourth-order valence-electron chi connectivity index (χ4n) is 1.63. The van der Waals surface area contributed by atoms with Crippen molar-refractivity contribution in [3.05, 3.63) is 60.2 Å². The number of carboxylic acid groups (broad SMARTS) is 1. The molecule has 1 heterocycles. The number of carboxylic acids is 1. The summed E-state index contributed by atoms with van der Waals surface area (Å²) in [6, 6.07) is 7.83. The summed E-state index contributed by atoms with van der Waals surface area (Å²) in [5, 5.41) is 8.62. The first kappa shape index (κ1) is 12.0. The fraction of sp³-hybridized carbons (Fsp3) is 0. The lowest BCUT2D eigenvalue weighted by molar-refractivity contribution is -0.131.